The average Bonchev–Trinajstić information content (AvgIpc) is 3.03. The predicted octanol–water partition coefficient (Wildman–Crippen LogP) is 4.06. The van der Waals surface area contributed by atoms with E-state index in [1.54, 1.807) is 24.3 Å². The fourth-order valence-corrected chi connectivity index (χ4v) is 2.79. The highest BCUT2D eigenvalue weighted by molar-refractivity contribution is 5.88. The smallest absolute Gasteiger partial charge is 0.416 e. The Kier molecular flexibility index (Phi) is 4.57. The first-order valence-corrected chi connectivity index (χ1v) is 7.75. The SMILES string of the molecule is O=C(O)c1ccc(N2CC[C@H](Oc3ccc(C(F)(F)F)cc3)C2)cc1. The molecular weight excluding hydrogens is 335 g/mol. The number of anilines is 1. The number of aromatic carboxylic acids is 1. The first-order chi connectivity index (χ1) is 11.8. The molecule has 1 aliphatic rings. The zero-order chi connectivity index (χ0) is 18.0. The second-order valence-corrected chi connectivity index (χ2v) is 5.85. The van der Waals surface area contributed by atoms with Crippen LogP contribution in [0.15, 0.2) is 48.5 Å². The van der Waals surface area contributed by atoms with Gasteiger partial charge in [0.1, 0.15) is 11.9 Å². The second-order valence-electron chi connectivity index (χ2n) is 5.85. The second kappa shape index (κ2) is 6.66. The Morgan fingerprint density at radius 3 is 2.28 bits per heavy atom. The molecule has 25 heavy (non-hydrogen) atoms. The number of hydrogen-bond acceptors (Lipinski definition) is 3. The third kappa shape index (κ3) is 4.04. The summed E-state index contributed by atoms with van der Waals surface area (Å²) in [6, 6.07) is 11.2. The Labute approximate surface area is 142 Å². The summed E-state index contributed by atoms with van der Waals surface area (Å²) in [5.41, 5.74) is 0.412. The maximum atomic E-state index is 12.6. The number of alkyl halides is 3. The fourth-order valence-electron chi connectivity index (χ4n) is 2.79. The van der Waals surface area contributed by atoms with E-state index in [1.165, 1.54) is 12.1 Å². The number of ether oxygens (including phenoxy) is 1. The van der Waals surface area contributed by atoms with E-state index >= 15 is 0 Å². The van der Waals surface area contributed by atoms with E-state index in [0.717, 1.165) is 30.8 Å². The number of hydrogen-bond donors (Lipinski definition) is 1. The topological polar surface area (TPSA) is 49.8 Å². The molecule has 0 unspecified atom stereocenters. The molecule has 0 bridgehead atoms. The van der Waals surface area contributed by atoms with E-state index in [0.29, 0.717) is 12.3 Å². The molecule has 0 radical (unpaired) electrons. The zero-order valence-electron chi connectivity index (χ0n) is 13.2. The molecule has 1 saturated heterocycles. The Hall–Kier alpha value is -2.70. The van der Waals surface area contributed by atoms with Crippen molar-refractivity contribution in [3.05, 3.63) is 59.7 Å². The predicted molar refractivity (Wildman–Crippen MR) is 86.1 cm³/mol. The van der Waals surface area contributed by atoms with Crippen LogP contribution in [0, 0.1) is 0 Å². The summed E-state index contributed by atoms with van der Waals surface area (Å²) < 4.78 is 43.4. The number of benzene rings is 2. The van der Waals surface area contributed by atoms with Crippen molar-refractivity contribution in [2.24, 2.45) is 0 Å². The van der Waals surface area contributed by atoms with E-state index < -0.39 is 17.7 Å². The van der Waals surface area contributed by atoms with Gasteiger partial charge in [-0.05, 0) is 48.5 Å². The van der Waals surface area contributed by atoms with Gasteiger partial charge in [0.15, 0.2) is 0 Å². The summed E-state index contributed by atoms with van der Waals surface area (Å²) in [6.07, 6.45) is -3.75. The van der Waals surface area contributed by atoms with Gasteiger partial charge in [-0.2, -0.15) is 13.2 Å². The van der Waals surface area contributed by atoms with Gasteiger partial charge in [-0.1, -0.05) is 0 Å². The molecule has 1 heterocycles. The molecule has 1 atom stereocenters. The lowest BCUT2D eigenvalue weighted by Gasteiger charge is -2.19. The van der Waals surface area contributed by atoms with Crippen LogP contribution in [0.3, 0.4) is 0 Å². The van der Waals surface area contributed by atoms with Gasteiger partial charge < -0.3 is 14.7 Å². The van der Waals surface area contributed by atoms with Crippen LogP contribution in [-0.2, 0) is 6.18 Å². The summed E-state index contributed by atoms with van der Waals surface area (Å²) in [6.45, 7) is 1.32. The number of carboxylic acids is 1. The molecule has 2 aromatic carbocycles. The fraction of sp³-hybridized carbons (Fsp3) is 0.278. The molecule has 0 amide bonds. The van der Waals surface area contributed by atoms with Crippen molar-refractivity contribution in [3.63, 3.8) is 0 Å². The Bertz CT molecular complexity index is 742. The summed E-state index contributed by atoms with van der Waals surface area (Å²) in [7, 11) is 0. The minimum absolute atomic E-state index is 0.129. The van der Waals surface area contributed by atoms with Crippen molar-refractivity contribution in [1.82, 2.24) is 0 Å². The Balaban J connectivity index is 1.60. The van der Waals surface area contributed by atoms with Crippen LogP contribution >= 0.6 is 0 Å². The quantitative estimate of drug-likeness (QED) is 0.902. The highest BCUT2D eigenvalue weighted by Crippen LogP contribution is 2.31. The summed E-state index contributed by atoms with van der Waals surface area (Å²) >= 11 is 0. The maximum absolute atomic E-state index is 12.6. The summed E-state index contributed by atoms with van der Waals surface area (Å²) in [4.78, 5) is 12.9. The molecule has 4 nitrogen and oxygen atoms in total. The lowest BCUT2D eigenvalue weighted by molar-refractivity contribution is -0.137. The number of rotatable bonds is 4. The molecule has 0 aliphatic carbocycles. The Morgan fingerprint density at radius 2 is 1.72 bits per heavy atom. The lowest BCUT2D eigenvalue weighted by atomic mass is 10.2. The van der Waals surface area contributed by atoms with E-state index in [1.807, 2.05) is 0 Å². The van der Waals surface area contributed by atoms with Gasteiger partial charge in [0, 0.05) is 18.7 Å². The van der Waals surface area contributed by atoms with Crippen molar-refractivity contribution in [3.8, 4) is 5.75 Å². The molecule has 7 heteroatoms. The van der Waals surface area contributed by atoms with Gasteiger partial charge in [0.05, 0.1) is 17.7 Å². The van der Waals surface area contributed by atoms with Crippen molar-refractivity contribution in [2.45, 2.75) is 18.7 Å². The van der Waals surface area contributed by atoms with Crippen molar-refractivity contribution in [1.29, 1.82) is 0 Å². The van der Waals surface area contributed by atoms with Gasteiger partial charge in [-0.25, -0.2) is 4.79 Å². The molecule has 1 N–H and O–H groups in total. The minimum atomic E-state index is -4.36. The number of carboxylic acid groups (broad SMARTS) is 1. The summed E-state index contributed by atoms with van der Waals surface area (Å²) in [5.74, 6) is -0.572. The molecule has 0 saturated carbocycles. The zero-order valence-corrected chi connectivity index (χ0v) is 13.2. The van der Waals surface area contributed by atoms with Crippen LogP contribution in [0.2, 0.25) is 0 Å². The number of carbonyl (C=O) groups is 1. The van der Waals surface area contributed by atoms with E-state index in [4.69, 9.17) is 9.84 Å². The van der Waals surface area contributed by atoms with Crippen LogP contribution in [0.4, 0.5) is 18.9 Å². The number of halogens is 3. The van der Waals surface area contributed by atoms with Crippen molar-refractivity contribution < 1.29 is 27.8 Å². The van der Waals surface area contributed by atoms with Crippen LogP contribution < -0.4 is 9.64 Å². The van der Waals surface area contributed by atoms with Crippen LogP contribution in [-0.4, -0.2) is 30.3 Å². The average molecular weight is 351 g/mol. The lowest BCUT2D eigenvalue weighted by Crippen LogP contribution is -2.24. The third-order valence-electron chi connectivity index (χ3n) is 4.11. The minimum Gasteiger partial charge on any atom is -0.489 e. The first-order valence-electron chi connectivity index (χ1n) is 7.75. The monoisotopic (exact) mass is 351 g/mol. The molecule has 1 fully saturated rings. The molecule has 0 spiro atoms. The maximum Gasteiger partial charge on any atom is 0.416 e. The van der Waals surface area contributed by atoms with Gasteiger partial charge in [-0.15, -0.1) is 0 Å². The highest BCUT2D eigenvalue weighted by Gasteiger charge is 2.30. The van der Waals surface area contributed by atoms with Crippen LogP contribution in [0.1, 0.15) is 22.3 Å². The largest absolute Gasteiger partial charge is 0.489 e. The molecule has 0 aromatic heterocycles. The molecule has 3 rings (SSSR count). The number of nitrogens with zero attached hydrogens (tertiary/aromatic N) is 1. The van der Waals surface area contributed by atoms with Crippen molar-refractivity contribution in [2.75, 3.05) is 18.0 Å². The Morgan fingerprint density at radius 1 is 1.08 bits per heavy atom. The molecule has 1 aliphatic heterocycles. The first kappa shape index (κ1) is 17.1. The van der Waals surface area contributed by atoms with Crippen molar-refractivity contribution >= 4 is 11.7 Å². The molecular formula is C18H16F3NO3. The normalized spacial score (nSPS) is 17.6. The molecule has 132 valence electrons. The van der Waals surface area contributed by atoms with E-state index in [9.17, 15) is 18.0 Å². The molecule has 2 aromatic rings. The summed E-state index contributed by atoms with van der Waals surface area (Å²) in [5, 5.41) is 8.91. The van der Waals surface area contributed by atoms with Gasteiger partial charge >= 0.3 is 12.1 Å². The van der Waals surface area contributed by atoms with Gasteiger partial charge in [0.25, 0.3) is 0 Å². The third-order valence-corrected chi connectivity index (χ3v) is 4.11. The van der Waals surface area contributed by atoms with Gasteiger partial charge in [-0.3, -0.25) is 0 Å². The highest BCUT2D eigenvalue weighted by atomic mass is 19.4. The van der Waals surface area contributed by atoms with Crippen LogP contribution in [0.5, 0.6) is 5.75 Å². The van der Waals surface area contributed by atoms with E-state index in [-0.39, 0.29) is 11.7 Å². The van der Waals surface area contributed by atoms with E-state index in [2.05, 4.69) is 4.90 Å². The van der Waals surface area contributed by atoms with Gasteiger partial charge in [0.2, 0.25) is 0 Å². The van der Waals surface area contributed by atoms with Crippen LogP contribution in [0.25, 0.3) is 0 Å². The standard InChI is InChI=1S/C18H16F3NO3/c19-18(20,21)13-3-7-15(8-4-13)25-16-9-10-22(11-16)14-5-1-12(2-6-14)17(23)24/h1-8,16H,9-11H2,(H,23,24)/t16-/m0/s1.